The van der Waals surface area contributed by atoms with Crippen molar-refractivity contribution in [3.05, 3.63) is 0 Å². The van der Waals surface area contributed by atoms with Gasteiger partial charge in [0, 0.05) is 24.2 Å². The second-order valence-corrected chi connectivity index (χ2v) is 23.3. The van der Waals surface area contributed by atoms with Crippen LogP contribution in [0.5, 0.6) is 0 Å². The lowest BCUT2D eigenvalue weighted by Crippen LogP contribution is -2.59. The zero-order chi connectivity index (χ0) is 40.9. The summed E-state index contributed by atoms with van der Waals surface area (Å²) in [6, 6.07) is 0. The summed E-state index contributed by atoms with van der Waals surface area (Å²) in [7, 11) is 0. The van der Waals surface area contributed by atoms with Gasteiger partial charge < -0.3 is 23.7 Å². The Bertz CT molecular complexity index is 1720. The van der Waals surface area contributed by atoms with E-state index in [1.807, 2.05) is 27.7 Å². The van der Waals surface area contributed by atoms with Crippen molar-refractivity contribution >= 4 is 29.8 Å². The largest absolute Gasteiger partial charge is 0.458 e. The van der Waals surface area contributed by atoms with E-state index in [9.17, 15) is 19.2 Å². The molecule has 11 nitrogen and oxygen atoms in total. The van der Waals surface area contributed by atoms with Crippen molar-refractivity contribution in [2.75, 3.05) is 0 Å². The van der Waals surface area contributed by atoms with Gasteiger partial charge in [-0.1, -0.05) is 6.92 Å². The molecule has 0 N–H and O–H groups in total. The van der Waals surface area contributed by atoms with Gasteiger partial charge in [0.15, 0.2) is 0 Å². The molecule has 2 aliphatic heterocycles. The van der Waals surface area contributed by atoms with Crippen LogP contribution in [0.1, 0.15) is 151 Å². The van der Waals surface area contributed by atoms with Crippen LogP contribution in [0.2, 0.25) is 0 Å². The van der Waals surface area contributed by atoms with Gasteiger partial charge in [-0.05, 0) is 179 Å². The Hall–Kier alpha value is -2.69. The van der Waals surface area contributed by atoms with Gasteiger partial charge in [0.1, 0.15) is 17.8 Å². The first-order valence-electron chi connectivity index (χ1n) is 23.0. The zero-order valence-corrected chi connectivity index (χ0v) is 35.8. The number of hydrogen-bond donors (Lipinski definition) is 0. The number of carbonyl (C=O) groups excluding carboxylic acids is 5. The van der Waals surface area contributed by atoms with E-state index in [-0.39, 0.29) is 53.8 Å². The summed E-state index contributed by atoms with van der Waals surface area (Å²) >= 11 is 0. The third-order valence-electron chi connectivity index (χ3n) is 18.7. The van der Waals surface area contributed by atoms with Gasteiger partial charge in [0.25, 0.3) is 0 Å². The Balaban J connectivity index is 0.887. The molecule has 10 saturated carbocycles. The molecular formula is C47H66O11. The average Bonchev–Trinajstić information content (AvgIpc) is 3.85. The molecule has 0 amide bonds. The number of fused-ring (bicyclic) bond motifs is 1. The summed E-state index contributed by atoms with van der Waals surface area (Å²) in [5.41, 5.74) is -4.66. The topological polar surface area (TPSA) is 141 Å². The molecule has 12 fully saturated rings. The third kappa shape index (κ3) is 5.89. The van der Waals surface area contributed by atoms with Crippen LogP contribution < -0.4 is 0 Å². The molecule has 2 saturated heterocycles. The fraction of sp³-hybridized carbons (Fsp3) is 0.894. The molecule has 0 aromatic rings. The molecule has 0 spiro atoms. The van der Waals surface area contributed by atoms with E-state index in [0.29, 0.717) is 42.4 Å². The highest BCUT2D eigenvalue weighted by atomic mass is 16.8. The fourth-order valence-electron chi connectivity index (χ4n) is 16.1. The molecule has 320 valence electrons. The summed E-state index contributed by atoms with van der Waals surface area (Å²) in [6.45, 7) is 13.0. The second-order valence-electron chi connectivity index (χ2n) is 23.3. The number of carbonyl (C=O) groups is 5. The Morgan fingerprint density at radius 1 is 0.690 bits per heavy atom. The Kier molecular flexibility index (Phi) is 8.79. The second kappa shape index (κ2) is 12.9. The maximum absolute atomic E-state index is 15.1. The molecule has 58 heavy (non-hydrogen) atoms. The summed E-state index contributed by atoms with van der Waals surface area (Å²) in [5.74, 6) is 0.218. The van der Waals surface area contributed by atoms with Crippen molar-refractivity contribution in [1.82, 2.24) is 0 Å². The van der Waals surface area contributed by atoms with Gasteiger partial charge in [-0.15, -0.1) is 0 Å². The van der Waals surface area contributed by atoms with E-state index >= 15 is 4.79 Å². The Morgan fingerprint density at radius 2 is 1.28 bits per heavy atom. The first-order chi connectivity index (χ1) is 27.2. The molecule has 0 aromatic carbocycles. The molecule has 0 aromatic heterocycles. The van der Waals surface area contributed by atoms with Gasteiger partial charge >= 0.3 is 36.1 Å². The van der Waals surface area contributed by atoms with Crippen LogP contribution in [0.3, 0.4) is 0 Å². The fourth-order valence-corrected chi connectivity index (χ4v) is 16.1. The maximum atomic E-state index is 15.1. The minimum absolute atomic E-state index is 0.00125. The predicted molar refractivity (Wildman–Crippen MR) is 207 cm³/mol. The zero-order valence-electron chi connectivity index (χ0n) is 35.8. The molecule has 12 rings (SSSR count). The van der Waals surface area contributed by atoms with Crippen molar-refractivity contribution in [2.24, 2.45) is 80.8 Å². The highest BCUT2D eigenvalue weighted by molar-refractivity contribution is 5.85. The number of hydrogen-bond acceptors (Lipinski definition) is 11. The highest BCUT2D eigenvalue weighted by Crippen LogP contribution is 2.66. The number of ether oxygens (including phenoxy) is 6. The predicted octanol–water partition coefficient (Wildman–Crippen LogP) is 7.84. The van der Waals surface area contributed by atoms with Crippen LogP contribution >= 0.6 is 0 Å². The van der Waals surface area contributed by atoms with Crippen LogP contribution in [-0.2, 0) is 52.4 Å². The van der Waals surface area contributed by atoms with E-state index < -0.39 is 70.0 Å². The normalized spacial score (nSPS) is 48.4. The maximum Gasteiger partial charge on any atom is 0.379 e. The third-order valence-corrected chi connectivity index (χ3v) is 18.7. The van der Waals surface area contributed by atoms with Crippen LogP contribution in [0.4, 0.5) is 0 Å². The van der Waals surface area contributed by atoms with Crippen molar-refractivity contribution in [2.45, 2.75) is 181 Å². The molecule has 0 radical (unpaired) electrons. The van der Waals surface area contributed by atoms with Crippen LogP contribution in [0.15, 0.2) is 0 Å². The van der Waals surface area contributed by atoms with E-state index in [1.165, 1.54) is 25.7 Å². The lowest BCUT2D eigenvalue weighted by Gasteiger charge is -2.60. The summed E-state index contributed by atoms with van der Waals surface area (Å²) in [6.07, 6.45) is 11.5. The van der Waals surface area contributed by atoms with Crippen molar-refractivity contribution in [1.29, 1.82) is 0 Å². The lowest BCUT2D eigenvalue weighted by atomic mass is 9.47. The SMILES string of the molecule is CCC(C)(CC(C)(CC(C)(C)C(=O)OC1OC(C)(C23CC4CC(CC(C4)C2)C3)OC1=O)C(=O)OC1(C)C2CC3CC(C2)CC1C3)C(=O)OC1C2CC3C(=O)OC1C3C2. The molecule has 12 aliphatic rings. The minimum Gasteiger partial charge on any atom is -0.458 e. The van der Waals surface area contributed by atoms with E-state index in [1.54, 1.807) is 13.8 Å². The Labute approximate surface area is 343 Å². The molecule has 9 atom stereocenters. The van der Waals surface area contributed by atoms with Crippen LogP contribution in [0.25, 0.3) is 0 Å². The lowest BCUT2D eigenvalue weighted by molar-refractivity contribution is -0.291. The van der Waals surface area contributed by atoms with Gasteiger partial charge in [-0.25, -0.2) is 4.79 Å². The van der Waals surface area contributed by atoms with E-state index in [4.69, 9.17) is 28.4 Å². The van der Waals surface area contributed by atoms with E-state index in [2.05, 4.69) is 6.92 Å². The summed E-state index contributed by atoms with van der Waals surface area (Å²) < 4.78 is 37.2. The number of rotatable bonds is 12. The Morgan fingerprint density at radius 3 is 1.86 bits per heavy atom. The summed E-state index contributed by atoms with van der Waals surface area (Å²) in [4.78, 5) is 69.9. The van der Waals surface area contributed by atoms with Gasteiger partial charge in [-0.2, -0.15) is 0 Å². The quantitative estimate of drug-likeness (QED) is 0.141. The molecular weight excluding hydrogens is 741 g/mol. The number of esters is 5. The van der Waals surface area contributed by atoms with Crippen LogP contribution in [0, 0.1) is 80.8 Å². The molecule has 2 heterocycles. The van der Waals surface area contributed by atoms with Gasteiger partial charge in [0.05, 0.1) is 22.2 Å². The molecule has 10 aliphatic carbocycles. The first-order valence-corrected chi connectivity index (χ1v) is 23.0. The minimum atomic E-state index is -1.50. The van der Waals surface area contributed by atoms with Crippen molar-refractivity contribution in [3.63, 3.8) is 0 Å². The summed E-state index contributed by atoms with van der Waals surface area (Å²) in [5, 5.41) is 0. The standard InChI is InChI=1S/C47H66O11/c1-8-43(4,40(51)54-34-29-17-32-33(18-29)36(48)53-35(32)34)23-44(5,41(52)58-45(6)30-13-24-9-25(15-30)16-31(45)14-24)22-42(2,3)39(50)55-38-37(49)56-46(7,57-38)47-19-26-10-27(20-47)12-28(11-26)21-47/h24-35,38H,8-23H2,1-7H3. The van der Waals surface area contributed by atoms with Crippen molar-refractivity contribution in [3.8, 4) is 0 Å². The highest BCUT2D eigenvalue weighted by Gasteiger charge is 2.67. The smallest absolute Gasteiger partial charge is 0.379 e. The molecule has 11 heteroatoms. The van der Waals surface area contributed by atoms with Gasteiger partial charge in [0.2, 0.25) is 5.79 Å². The van der Waals surface area contributed by atoms with Gasteiger partial charge in [-0.3, -0.25) is 23.9 Å². The van der Waals surface area contributed by atoms with E-state index in [0.717, 1.165) is 51.4 Å². The van der Waals surface area contributed by atoms with Crippen LogP contribution in [-0.4, -0.2) is 59.7 Å². The molecule has 9 unspecified atom stereocenters. The monoisotopic (exact) mass is 806 g/mol. The average molecular weight is 807 g/mol. The van der Waals surface area contributed by atoms with Crippen molar-refractivity contribution < 1.29 is 52.4 Å². The number of cyclic esters (lactones) is 1. The molecule has 10 bridgehead atoms. The first kappa shape index (κ1) is 39.4.